The molecular weight excluding hydrogens is 710 g/mol. The summed E-state index contributed by atoms with van der Waals surface area (Å²) in [5.41, 5.74) is 0. The Bertz CT molecular complexity index is 861. The van der Waals surface area contributed by atoms with E-state index in [4.69, 9.17) is 0 Å². The van der Waals surface area contributed by atoms with Crippen LogP contribution in [0.2, 0.25) is 0 Å². The molecule has 0 spiro atoms. The second-order valence-corrected chi connectivity index (χ2v) is 15.3. The van der Waals surface area contributed by atoms with Gasteiger partial charge in [0.2, 0.25) is 0 Å². The molecule has 0 aromatic heterocycles. The number of rotatable bonds is 9. The zero-order valence-electron chi connectivity index (χ0n) is 18.5. The fourth-order valence-corrected chi connectivity index (χ4v) is 8.59. The summed E-state index contributed by atoms with van der Waals surface area (Å²) in [6.07, 6.45) is 3.72. The van der Waals surface area contributed by atoms with Crippen LogP contribution in [0.15, 0.2) is 121 Å². The first-order valence-electron chi connectivity index (χ1n) is 10.7. The molecule has 0 aliphatic rings. The summed E-state index contributed by atoms with van der Waals surface area (Å²) < 4.78 is 0. The van der Waals surface area contributed by atoms with Crippen molar-refractivity contribution >= 4 is 80.0 Å². The third-order valence-electron chi connectivity index (χ3n) is 5.06. The largest absolute Gasteiger partial charge is 2.00 e. The molecule has 0 aliphatic carbocycles. The topological polar surface area (TPSA) is 0 Å². The normalized spacial score (nSPS) is 10.4. The van der Waals surface area contributed by atoms with Gasteiger partial charge in [-0.3, -0.25) is 19.7 Å². The van der Waals surface area contributed by atoms with E-state index in [1.54, 1.807) is 0 Å². The van der Waals surface area contributed by atoms with Gasteiger partial charge in [-0.1, -0.05) is 121 Å². The number of hydrogen-bond acceptors (Lipinski definition) is 4. The second-order valence-electron chi connectivity index (χ2n) is 7.14. The van der Waals surface area contributed by atoms with E-state index in [2.05, 4.69) is 145 Å². The molecule has 0 saturated heterocycles. The van der Waals surface area contributed by atoms with Gasteiger partial charge >= 0.3 is 21.1 Å². The molecule has 4 aromatic rings. The van der Waals surface area contributed by atoms with Crippen molar-refractivity contribution in [3.63, 3.8) is 0 Å². The maximum Gasteiger partial charge on any atom is 2.00 e. The zero-order chi connectivity index (χ0) is 23.1. The Kier molecular flexibility index (Phi) is 16.0. The van der Waals surface area contributed by atoms with Crippen LogP contribution in [0.1, 0.15) is 6.42 Å². The van der Waals surface area contributed by atoms with Gasteiger partial charge in [-0.25, -0.2) is 0 Å². The number of benzene rings is 4. The molecule has 0 amide bonds. The van der Waals surface area contributed by atoms with Gasteiger partial charge in [-0.2, -0.15) is 0 Å². The molecule has 0 fully saturated rings. The van der Waals surface area contributed by atoms with Crippen LogP contribution in [0.4, 0.5) is 0 Å². The Balaban J connectivity index is 0.000000758. The number of hydrogen-bond donors (Lipinski definition) is 0. The molecule has 0 N–H and O–H groups in total. The van der Waals surface area contributed by atoms with Crippen LogP contribution in [0, 0.1) is 0 Å². The molecule has 4 rings (SSSR count). The van der Waals surface area contributed by atoms with Crippen molar-refractivity contribution in [2.75, 3.05) is 12.3 Å². The van der Waals surface area contributed by atoms with Crippen LogP contribution >= 0.6 is 35.5 Å². The summed E-state index contributed by atoms with van der Waals surface area (Å²) in [5, 5.41) is 5.94. The molecule has 0 saturated carbocycles. The van der Waals surface area contributed by atoms with Crippen molar-refractivity contribution in [3.8, 4) is 0 Å². The van der Waals surface area contributed by atoms with E-state index in [1.165, 1.54) is 59.6 Å². The summed E-state index contributed by atoms with van der Waals surface area (Å²) >= 11 is 8.66. The van der Waals surface area contributed by atoms with E-state index < -0.39 is 0 Å². The minimum atomic E-state index is -0.309. The van der Waals surface area contributed by atoms with E-state index in [1.807, 2.05) is 0 Å². The summed E-state index contributed by atoms with van der Waals surface area (Å²) in [7, 11) is 1.72. The van der Waals surface area contributed by atoms with E-state index in [0.717, 1.165) is 0 Å². The van der Waals surface area contributed by atoms with Gasteiger partial charge in [0, 0.05) is 0 Å². The fraction of sp³-hybridized carbons (Fsp3) is 0.111. The van der Waals surface area contributed by atoms with Crippen molar-refractivity contribution in [3.05, 3.63) is 121 Å². The van der Waals surface area contributed by atoms with Crippen LogP contribution in [0.3, 0.4) is 0 Å². The predicted molar refractivity (Wildman–Crippen MR) is 162 cm³/mol. The van der Waals surface area contributed by atoms with Crippen LogP contribution in [0.25, 0.3) is 0 Å². The smallest absolute Gasteiger partial charge is 0.709 e. The first kappa shape index (κ1) is 30.1. The van der Waals surface area contributed by atoms with Gasteiger partial charge in [0.15, 0.2) is 0 Å². The van der Waals surface area contributed by atoms with Crippen LogP contribution in [-0.4, -0.2) is 12.3 Å². The Hall–Kier alpha value is -0.172. The van der Waals surface area contributed by atoms with Crippen molar-refractivity contribution in [1.29, 1.82) is 0 Å². The minimum Gasteiger partial charge on any atom is -0.709 e. The first-order valence-corrected chi connectivity index (χ1v) is 17.7. The monoisotopic (exact) mass is 735 g/mol. The summed E-state index contributed by atoms with van der Waals surface area (Å²) in [4.78, 5) is 0. The molecule has 0 nitrogen and oxygen atoms in total. The second kappa shape index (κ2) is 18.1. The molecule has 4 aromatic carbocycles. The summed E-state index contributed by atoms with van der Waals surface area (Å²) in [5.74, 6) is 0. The molecule has 7 heteroatoms. The standard InChI is InChI=1S/C27H26P2.Pt.H2S4/c1-5-14-24(15-6-1)28(25-16-7-2-8-17-25)22-13-23-29(26-18-9-3-10-19-26)27-20-11-4-12-21-27;;1-3-4-2/h1-12,14-21H,13,22-23H2;;1-2H/q;+2;/p-2. The van der Waals surface area contributed by atoms with Crippen LogP contribution < -0.4 is 21.2 Å². The molecule has 0 unspecified atom stereocenters. The molecule has 0 bridgehead atoms. The SMILES string of the molecule is [Pt+2].[S-]SS[S-].c1ccc(P(CCCP(c2ccccc2)c2ccccc2)c2ccccc2)cc1. The molecule has 0 atom stereocenters. The minimum absolute atomic E-state index is 0. The van der Waals surface area contributed by atoms with Crippen LogP contribution in [-0.2, 0) is 44.4 Å². The average Bonchev–Trinajstić information content (AvgIpc) is 2.91. The molecule has 178 valence electrons. The quantitative estimate of drug-likeness (QED) is 0.104. The van der Waals surface area contributed by atoms with Gasteiger partial charge in [0.25, 0.3) is 0 Å². The van der Waals surface area contributed by atoms with Crippen molar-refractivity contribution in [2.45, 2.75) is 6.42 Å². The van der Waals surface area contributed by atoms with E-state index >= 15 is 0 Å². The van der Waals surface area contributed by atoms with Gasteiger partial charge < -0.3 is 23.3 Å². The van der Waals surface area contributed by atoms with Crippen molar-refractivity contribution in [1.82, 2.24) is 0 Å². The summed E-state index contributed by atoms with van der Waals surface area (Å²) in [6, 6.07) is 44.3. The Labute approximate surface area is 239 Å². The maximum atomic E-state index is 4.33. The molecule has 34 heavy (non-hydrogen) atoms. The van der Waals surface area contributed by atoms with Crippen molar-refractivity contribution < 1.29 is 21.1 Å². The Morgan fingerprint density at radius 2 is 0.676 bits per heavy atom. The molecule has 0 aliphatic heterocycles. The third-order valence-corrected chi connectivity index (χ3v) is 12.5. The van der Waals surface area contributed by atoms with Gasteiger partial charge in [0.1, 0.15) is 0 Å². The third kappa shape index (κ3) is 10.1. The Morgan fingerprint density at radius 3 is 0.882 bits per heavy atom. The molecule has 0 heterocycles. The van der Waals surface area contributed by atoms with Gasteiger partial charge in [0.05, 0.1) is 0 Å². The van der Waals surface area contributed by atoms with E-state index in [9.17, 15) is 0 Å². The molecule has 0 radical (unpaired) electrons. The predicted octanol–water partition coefficient (Wildman–Crippen LogP) is 6.93. The van der Waals surface area contributed by atoms with Gasteiger partial charge in [-0.15, -0.1) is 0 Å². The van der Waals surface area contributed by atoms with Crippen LogP contribution in [0.5, 0.6) is 0 Å². The van der Waals surface area contributed by atoms with E-state index in [0.29, 0.717) is 0 Å². The summed E-state index contributed by atoms with van der Waals surface area (Å²) in [6.45, 7) is 0. The zero-order valence-corrected chi connectivity index (χ0v) is 25.8. The maximum absolute atomic E-state index is 4.33. The van der Waals surface area contributed by atoms with E-state index in [-0.39, 0.29) is 36.9 Å². The van der Waals surface area contributed by atoms with Gasteiger partial charge in [-0.05, 0) is 55.8 Å². The average molecular weight is 736 g/mol. The molecular formula is C27H26P2PtS4. The Morgan fingerprint density at radius 1 is 0.441 bits per heavy atom. The fourth-order valence-electron chi connectivity index (χ4n) is 3.63. The first-order chi connectivity index (χ1) is 16.3. The van der Waals surface area contributed by atoms with Crippen molar-refractivity contribution in [2.24, 2.45) is 0 Å².